The summed E-state index contributed by atoms with van der Waals surface area (Å²) in [7, 11) is 10.8. The van der Waals surface area contributed by atoms with Crippen molar-refractivity contribution in [2.75, 3.05) is 84.6 Å². The summed E-state index contributed by atoms with van der Waals surface area (Å²) in [5.74, 6) is 0. The van der Waals surface area contributed by atoms with Gasteiger partial charge in [-0.1, -0.05) is 24.3 Å². The zero-order chi connectivity index (χ0) is 30.8. The van der Waals surface area contributed by atoms with Gasteiger partial charge in [0, 0.05) is 6.07 Å². The van der Waals surface area contributed by atoms with Crippen molar-refractivity contribution >= 4 is 45.0 Å². The quantitative estimate of drug-likeness (QED) is 0.256. The van der Waals surface area contributed by atoms with Gasteiger partial charge in [0.2, 0.25) is 5.69 Å². The summed E-state index contributed by atoms with van der Waals surface area (Å²) in [5.41, 5.74) is 2.10. The predicted molar refractivity (Wildman–Crippen MR) is 156 cm³/mol. The number of halogens is 6. The third-order valence-electron chi connectivity index (χ3n) is 5.68. The van der Waals surface area contributed by atoms with Crippen molar-refractivity contribution < 1.29 is 29.9 Å². The van der Waals surface area contributed by atoms with Gasteiger partial charge in [-0.3, -0.25) is 14.0 Å². The molecule has 0 saturated carbocycles. The zero-order valence-electron chi connectivity index (χ0n) is 24.7. The summed E-state index contributed by atoms with van der Waals surface area (Å²) in [4.78, 5) is 0. The summed E-state index contributed by atoms with van der Waals surface area (Å²) in [6, 6.07) is 12.9. The second kappa shape index (κ2) is 11.7. The first-order chi connectivity index (χ1) is 17.3. The molecule has 0 atom stereocenters. The van der Waals surface area contributed by atoms with Crippen molar-refractivity contribution in [2.45, 2.75) is 0 Å². The van der Waals surface area contributed by atoms with Crippen molar-refractivity contribution in [3.63, 3.8) is 0 Å². The van der Waals surface area contributed by atoms with E-state index in [2.05, 4.69) is 154 Å². The Morgan fingerprint density at radius 2 is 0.949 bits per heavy atom. The van der Waals surface area contributed by atoms with Crippen LogP contribution in [0.1, 0.15) is 0 Å². The second-order valence-electron chi connectivity index (χ2n) is 10.0. The van der Waals surface area contributed by atoms with Crippen LogP contribution in [0.5, 0.6) is 0 Å². The maximum atomic E-state index is 9.87. The number of rotatable bonds is 8. The van der Waals surface area contributed by atoms with Gasteiger partial charge >= 0.3 is 40.5 Å². The normalized spacial score (nSPS) is 15.2. The second-order valence-corrected chi connectivity index (χ2v) is 19.4. The summed E-state index contributed by atoms with van der Waals surface area (Å²) < 4.78 is 82.2. The van der Waals surface area contributed by atoms with Crippen molar-refractivity contribution in [3.8, 4) is 0 Å². The van der Waals surface area contributed by atoms with Crippen LogP contribution in [0.3, 0.4) is 0 Å². The van der Waals surface area contributed by atoms with Gasteiger partial charge in [0.25, 0.3) is 0 Å². The van der Waals surface area contributed by atoms with E-state index in [0.29, 0.717) is 0 Å². The first-order valence-corrected chi connectivity index (χ1v) is 17.0. The number of fused-ring (bicyclic) bond motifs is 1. The van der Waals surface area contributed by atoms with E-state index in [1.54, 1.807) is 0 Å². The van der Waals surface area contributed by atoms with Gasteiger partial charge in [-0.2, -0.15) is 4.74 Å². The minimum absolute atomic E-state index is 1.00. The fourth-order valence-electron chi connectivity index (χ4n) is 4.52. The van der Waals surface area contributed by atoms with Gasteiger partial charge in [-0.05, 0) is 96.0 Å². The molecule has 2 rings (SSSR count). The molecule has 2 aromatic carbocycles. The van der Waals surface area contributed by atoms with E-state index in [0.717, 1.165) is 16.8 Å². The van der Waals surface area contributed by atoms with E-state index in [1.807, 2.05) is 0 Å². The van der Waals surface area contributed by atoms with Gasteiger partial charge < -0.3 is 0 Å². The van der Waals surface area contributed by atoms with Crippen molar-refractivity contribution in [1.82, 2.24) is 28.0 Å². The van der Waals surface area contributed by atoms with Crippen LogP contribution >= 0.6 is 22.8 Å². The topological polar surface area (TPSA) is 45.8 Å². The van der Waals surface area contributed by atoms with Crippen LogP contribution in [0.25, 0.3) is 10.8 Å². The number of hydrogen-bond acceptors (Lipinski definition) is 1. The van der Waals surface area contributed by atoms with E-state index in [1.165, 1.54) is 5.39 Å². The average molecular weight is 627 g/mol. The Hall–Kier alpha value is -1.07. The molecule has 0 bridgehead atoms. The van der Waals surface area contributed by atoms with E-state index in [9.17, 15) is 25.2 Å². The fraction of sp³-hybridized carbons (Fsp3) is 0.545. The van der Waals surface area contributed by atoms with Crippen LogP contribution in [0, 0.1) is 0 Å². The van der Waals surface area contributed by atoms with Crippen molar-refractivity contribution in [3.05, 3.63) is 36.4 Å². The van der Waals surface area contributed by atoms with E-state index in [-0.39, 0.29) is 0 Å². The Kier molecular flexibility index (Phi) is 10.8. The molecule has 0 saturated heterocycles. The Morgan fingerprint density at radius 3 is 1.28 bits per heavy atom. The molecule has 0 radical (unpaired) electrons. The summed E-state index contributed by atoms with van der Waals surface area (Å²) in [6.07, 6.45) is 0. The monoisotopic (exact) mass is 626 g/mol. The van der Waals surface area contributed by atoms with Crippen LogP contribution in [-0.2, 0) is 0 Å². The Balaban J connectivity index is 0.000000956. The molecule has 0 unspecified atom stereocenters. The molecule has 1 N–H and O–H groups in total. The molecule has 17 heteroatoms. The van der Waals surface area contributed by atoms with Crippen molar-refractivity contribution in [1.29, 1.82) is 0 Å². The molecular weight excluding hydrogens is 583 g/mol. The maximum absolute atomic E-state index is 10.7. The molecule has 0 amide bonds. The van der Waals surface area contributed by atoms with E-state index in [4.69, 9.17) is 4.74 Å². The van der Waals surface area contributed by atoms with Gasteiger partial charge in [-0.25, -0.2) is 18.8 Å². The SMILES string of the molecule is CN(C)P(=Nc1cccc2cccc([NH+]=P(N(C)C)(N(C)C)N(C)C)c12)(N(C)C)N(C)C.F[P-](F)(F)(F)(F)F. The van der Waals surface area contributed by atoms with Crippen LogP contribution in [0.15, 0.2) is 41.1 Å². The van der Waals surface area contributed by atoms with Crippen LogP contribution in [0.4, 0.5) is 36.6 Å². The third-order valence-corrected chi connectivity index (χ3v) is 13.3. The molecule has 39 heavy (non-hydrogen) atoms. The molecule has 0 heterocycles. The third kappa shape index (κ3) is 9.48. The Labute approximate surface area is 228 Å². The molecule has 0 aliphatic heterocycles. The summed E-state index contributed by atoms with van der Waals surface area (Å²) in [6.45, 7) is 0. The van der Waals surface area contributed by atoms with Crippen LogP contribution in [0.2, 0.25) is 0 Å². The first-order valence-electron chi connectivity index (χ1n) is 11.7. The molecule has 0 fully saturated rings. The Bertz CT molecular complexity index is 1110. The van der Waals surface area contributed by atoms with Gasteiger partial charge in [-0.15, -0.1) is 0 Å². The molecule has 0 aliphatic carbocycles. The number of benzene rings is 2. The number of nitrogens with zero attached hydrogens (tertiary/aromatic N) is 7. The Morgan fingerprint density at radius 1 is 0.590 bits per heavy atom. The molecule has 228 valence electrons. The zero-order valence-corrected chi connectivity index (χ0v) is 27.4. The van der Waals surface area contributed by atoms with Gasteiger partial charge in [0.05, 0.1) is 11.1 Å². The molecule has 0 aliphatic rings. The standard InChI is InChI=1S/C22H42N8P2.F6P/c1-25(2)31(26(3)4,27(5)6)23-20-17-13-15-19-16-14-18-21(22(19)20)24-32(28(7)8,29(9)10)30(11)12;1-7(2,3,4,5)6/h13-18H,1-12H3;/q;-1/p+1. The number of hydrogen-bond donors (Lipinski definition) is 1. The predicted octanol–water partition coefficient (Wildman–Crippen LogP) is 6.83. The van der Waals surface area contributed by atoms with Gasteiger partial charge in [0.15, 0.2) is 7.51 Å². The van der Waals surface area contributed by atoms with Crippen LogP contribution in [-0.4, -0.2) is 113 Å². The van der Waals surface area contributed by atoms with Gasteiger partial charge in [0.1, 0.15) is 0 Å². The molecule has 0 aromatic heterocycles. The minimum atomic E-state index is -10.7. The number of nitrogens with one attached hydrogen (secondary N) is 1. The summed E-state index contributed by atoms with van der Waals surface area (Å²) in [5, 5.41) is 2.33. The molecule has 2 aromatic rings. The van der Waals surface area contributed by atoms with E-state index >= 15 is 0 Å². The van der Waals surface area contributed by atoms with E-state index < -0.39 is 22.8 Å². The molecule has 0 spiro atoms. The fourth-order valence-corrected chi connectivity index (χ4v) is 10.9. The van der Waals surface area contributed by atoms with Crippen molar-refractivity contribution in [2.24, 2.45) is 4.74 Å². The van der Waals surface area contributed by atoms with Crippen LogP contribution < -0.4 is 4.74 Å². The first kappa shape index (κ1) is 36.0. The molecule has 8 nitrogen and oxygen atoms in total. The summed E-state index contributed by atoms with van der Waals surface area (Å²) >= 11 is 0. The average Bonchev–Trinajstić information content (AvgIpc) is 2.71. The molecular formula is C22H43F6N8P3.